The van der Waals surface area contributed by atoms with Crippen LogP contribution in [0.2, 0.25) is 0 Å². The molecule has 45 heavy (non-hydrogen) atoms. The van der Waals surface area contributed by atoms with Crippen LogP contribution in [0.1, 0.15) is 27.8 Å². The van der Waals surface area contributed by atoms with Crippen molar-refractivity contribution >= 4 is 0 Å². The van der Waals surface area contributed by atoms with Crippen molar-refractivity contribution in [1.29, 1.82) is 5.26 Å². The highest BCUT2D eigenvalue weighted by Gasteiger charge is 2.49. The number of aromatic nitrogens is 1. The molecule has 0 unspecified atom stereocenters. The lowest BCUT2D eigenvalue weighted by atomic mass is 9.65. The van der Waals surface area contributed by atoms with Crippen LogP contribution in [0.4, 0.5) is 0 Å². The monoisotopic (exact) mass is 570 g/mol. The zero-order chi connectivity index (χ0) is 30.0. The molecule has 0 N–H and O–H groups in total. The van der Waals surface area contributed by atoms with Crippen molar-refractivity contribution in [2.24, 2.45) is 0 Å². The summed E-state index contributed by atoms with van der Waals surface area (Å²) in [5, 5.41) is 9.19. The van der Waals surface area contributed by atoms with Gasteiger partial charge < -0.3 is 0 Å². The van der Waals surface area contributed by atoms with E-state index in [-0.39, 0.29) is 0 Å². The molecule has 0 saturated heterocycles. The number of nitriles is 1. The molecule has 1 heterocycles. The van der Waals surface area contributed by atoms with Gasteiger partial charge in [0.1, 0.15) is 0 Å². The van der Waals surface area contributed by atoms with Crippen LogP contribution in [0.15, 0.2) is 158 Å². The summed E-state index contributed by atoms with van der Waals surface area (Å²) in [6, 6.07) is 56.7. The number of benzene rings is 6. The minimum Gasteiger partial charge on any atom is -0.256 e. The van der Waals surface area contributed by atoms with E-state index in [0.717, 1.165) is 22.4 Å². The number of nitrogens with zero attached hydrogens (tertiary/aromatic N) is 2. The average molecular weight is 571 g/mol. The fourth-order valence-electron chi connectivity index (χ4n) is 7.68. The van der Waals surface area contributed by atoms with E-state index in [9.17, 15) is 5.26 Å². The molecule has 0 radical (unpaired) electrons. The molecule has 0 bridgehead atoms. The van der Waals surface area contributed by atoms with Gasteiger partial charge in [-0.1, -0.05) is 127 Å². The summed E-state index contributed by atoms with van der Waals surface area (Å²) in [5.74, 6) is 0. The van der Waals surface area contributed by atoms with Crippen LogP contribution < -0.4 is 0 Å². The summed E-state index contributed by atoms with van der Waals surface area (Å²) in [7, 11) is 0. The maximum atomic E-state index is 9.19. The lowest BCUT2D eigenvalue weighted by Gasteiger charge is -2.35. The SMILES string of the molecule is N#Cc1ccc(-c2ccc(-c3ccc4c(c3)C3(c5ccccc5-c5ccccc5-4)c4ccccc4-c4ccccc43)cn2)cc1. The highest BCUT2D eigenvalue weighted by atomic mass is 14.7. The van der Waals surface area contributed by atoms with Gasteiger partial charge in [-0.15, -0.1) is 0 Å². The summed E-state index contributed by atoms with van der Waals surface area (Å²) < 4.78 is 0. The number of hydrogen-bond acceptors (Lipinski definition) is 2. The second kappa shape index (κ2) is 9.74. The Kier molecular flexibility index (Phi) is 5.51. The van der Waals surface area contributed by atoms with Gasteiger partial charge >= 0.3 is 0 Å². The molecule has 1 spiro atoms. The van der Waals surface area contributed by atoms with Crippen LogP contribution in [0.25, 0.3) is 55.8 Å². The summed E-state index contributed by atoms with van der Waals surface area (Å²) in [6.07, 6.45) is 1.97. The van der Waals surface area contributed by atoms with Crippen molar-refractivity contribution in [3.05, 3.63) is 186 Å². The van der Waals surface area contributed by atoms with Crippen molar-refractivity contribution in [3.8, 4) is 61.8 Å². The smallest absolute Gasteiger partial charge is 0.0991 e. The van der Waals surface area contributed by atoms with Crippen LogP contribution in [-0.4, -0.2) is 4.98 Å². The van der Waals surface area contributed by atoms with E-state index in [4.69, 9.17) is 4.98 Å². The van der Waals surface area contributed by atoms with Crippen molar-refractivity contribution in [2.75, 3.05) is 0 Å². The van der Waals surface area contributed by atoms with Crippen molar-refractivity contribution < 1.29 is 0 Å². The molecule has 0 saturated carbocycles. The van der Waals surface area contributed by atoms with E-state index < -0.39 is 5.41 Å². The van der Waals surface area contributed by atoms with Crippen molar-refractivity contribution in [2.45, 2.75) is 5.41 Å². The van der Waals surface area contributed by atoms with Crippen LogP contribution in [0.3, 0.4) is 0 Å². The third kappa shape index (κ3) is 3.59. The maximum absolute atomic E-state index is 9.19. The molecule has 2 nitrogen and oxygen atoms in total. The molecule has 7 aromatic rings. The third-order valence-corrected chi connectivity index (χ3v) is 9.62. The van der Waals surface area contributed by atoms with E-state index in [1.165, 1.54) is 55.6 Å². The molecule has 9 rings (SSSR count). The van der Waals surface area contributed by atoms with E-state index in [1.807, 2.05) is 30.5 Å². The average Bonchev–Trinajstić information content (AvgIpc) is 3.37. The topological polar surface area (TPSA) is 36.7 Å². The predicted octanol–water partition coefficient (Wildman–Crippen LogP) is 10.3. The number of rotatable bonds is 2. The van der Waals surface area contributed by atoms with Crippen LogP contribution in [0, 0.1) is 11.3 Å². The van der Waals surface area contributed by atoms with Gasteiger partial charge in [0.2, 0.25) is 0 Å². The Bertz CT molecular complexity index is 2280. The second-order valence-electron chi connectivity index (χ2n) is 11.8. The fraction of sp³-hybridized carbons (Fsp3) is 0.0233. The molecule has 6 aromatic carbocycles. The van der Waals surface area contributed by atoms with Gasteiger partial charge in [-0.2, -0.15) is 5.26 Å². The lowest BCUT2D eigenvalue weighted by molar-refractivity contribution is 0.776. The van der Waals surface area contributed by atoms with Gasteiger partial charge in [0.25, 0.3) is 0 Å². The zero-order valence-corrected chi connectivity index (χ0v) is 24.4. The fourth-order valence-corrected chi connectivity index (χ4v) is 7.68. The molecular weight excluding hydrogens is 544 g/mol. The number of fused-ring (bicyclic) bond motifs is 12. The van der Waals surface area contributed by atoms with Crippen molar-refractivity contribution in [1.82, 2.24) is 4.98 Å². The minimum absolute atomic E-state index is 0.496. The largest absolute Gasteiger partial charge is 0.256 e. The van der Waals surface area contributed by atoms with Gasteiger partial charge in [0.05, 0.1) is 22.7 Å². The second-order valence-corrected chi connectivity index (χ2v) is 11.8. The molecule has 208 valence electrons. The molecule has 1 aromatic heterocycles. The third-order valence-electron chi connectivity index (χ3n) is 9.62. The molecule has 0 atom stereocenters. The minimum atomic E-state index is -0.496. The van der Waals surface area contributed by atoms with Gasteiger partial charge in [-0.05, 0) is 85.5 Å². The Morgan fingerprint density at radius 3 is 1.42 bits per heavy atom. The van der Waals surface area contributed by atoms with Gasteiger partial charge in [-0.25, -0.2) is 0 Å². The van der Waals surface area contributed by atoms with Gasteiger partial charge in [-0.3, -0.25) is 4.98 Å². The van der Waals surface area contributed by atoms with Crippen LogP contribution >= 0.6 is 0 Å². The highest BCUT2D eigenvalue weighted by Crippen LogP contribution is 2.61. The first kappa shape index (κ1) is 25.5. The Morgan fingerprint density at radius 2 is 0.889 bits per heavy atom. The van der Waals surface area contributed by atoms with Gasteiger partial charge in [0, 0.05) is 17.3 Å². The Morgan fingerprint density at radius 1 is 0.422 bits per heavy atom. The summed E-state index contributed by atoms with van der Waals surface area (Å²) >= 11 is 0. The molecule has 2 aliphatic rings. The molecule has 0 fully saturated rings. The Hall–Kier alpha value is -6.04. The van der Waals surface area contributed by atoms with Crippen LogP contribution in [0.5, 0.6) is 0 Å². The lowest BCUT2D eigenvalue weighted by Crippen LogP contribution is -2.29. The molecule has 2 aliphatic carbocycles. The number of hydrogen-bond donors (Lipinski definition) is 0. The quantitative estimate of drug-likeness (QED) is 0.207. The standard InChI is InChI=1S/C43H26N2/c44-26-28-17-19-29(20-18-28)42-24-22-31(27-45-42)30-21-23-37-33-10-2-1-9-32(33)34-11-3-6-14-38(34)43(41(37)25-30)39-15-7-4-12-35(39)36-13-5-8-16-40(36)43/h1-25,27H. The predicted molar refractivity (Wildman–Crippen MR) is 182 cm³/mol. The van der Waals surface area contributed by atoms with Crippen molar-refractivity contribution in [3.63, 3.8) is 0 Å². The molecule has 2 heteroatoms. The summed E-state index contributed by atoms with van der Waals surface area (Å²) in [4.78, 5) is 4.86. The molecular formula is C43H26N2. The Labute approximate surface area is 262 Å². The first-order valence-corrected chi connectivity index (χ1v) is 15.3. The number of pyridine rings is 1. The Balaban J connectivity index is 1.33. The molecule has 0 amide bonds. The van der Waals surface area contributed by atoms with E-state index in [1.54, 1.807) is 0 Å². The van der Waals surface area contributed by atoms with E-state index in [0.29, 0.717) is 5.56 Å². The first-order chi connectivity index (χ1) is 22.3. The summed E-state index contributed by atoms with van der Waals surface area (Å²) in [5.41, 5.74) is 17.1. The first-order valence-electron chi connectivity index (χ1n) is 15.3. The van der Waals surface area contributed by atoms with E-state index in [2.05, 4.69) is 133 Å². The molecule has 0 aliphatic heterocycles. The normalized spacial score (nSPS) is 13.0. The van der Waals surface area contributed by atoms with Crippen LogP contribution in [-0.2, 0) is 5.41 Å². The van der Waals surface area contributed by atoms with E-state index >= 15 is 0 Å². The zero-order valence-electron chi connectivity index (χ0n) is 24.4. The van der Waals surface area contributed by atoms with Gasteiger partial charge in [0.15, 0.2) is 0 Å². The summed E-state index contributed by atoms with van der Waals surface area (Å²) in [6.45, 7) is 0. The highest BCUT2D eigenvalue weighted by molar-refractivity contribution is 5.97. The maximum Gasteiger partial charge on any atom is 0.0991 e.